The van der Waals surface area contributed by atoms with Crippen LogP contribution in [0.15, 0.2) is 0 Å². The first kappa shape index (κ1) is 12.8. The maximum absolute atomic E-state index is 13.8. The van der Waals surface area contributed by atoms with E-state index in [1.54, 1.807) is 0 Å². The van der Waals surface area contributed by atoms with Gasteiger partial charge in [0.2, 0.25) is 0 Å². The van der Waals surface area contributed by atoms with E-state index in [9.17, 15) is 14.0 Å². The summed E-state index contributed by atoms with van der Waals surface area (Å²) in [5.74, 6) is 0. The number of hydrogen-bond acceptors (Lipinski definition) is 2. The van der Waals surface area contributed by atoms with Crippen molar-refractivity contribution < 1.29 is 14.0 Å². The van der Waals surface area contributed by atoms with Crippen molar-refractivity contribution in [3.05, 3.63) is 0 Å². The maximum atomic E-state index is 13.8. The lowest BCUT2D eigenvalue weighted by molar-refractivity contribution is -0.181. The number of hydroxylamine groups is 2. The van der Waals surface area contributed by atoms with E-state index in [0.717, 1.165) is 19.3 Å². The SMILES string of the molecule is CC1CCCC(CC(C)(F)CCF)N1O. The van der Waals surface area contributed by atoms with Crippen molar-refractivity contribution in [3.63, 3.8) is 0 Å². The molecule has 0 bridgehead atoms. The van der Waals surface area contributed by atoms with Gasteiger partial charge in [0.25, 0.3) is 0 Å². The Bertz CT molecular complexity index is 199. The molecule has 1 heterocycles. The second-order valence-electron chi connectivity index (χ2n) is 4.87. The third-order valence-corrected chi connectivity index (χ3v) is 3.26. The largest absolute Gasteiger partial charge is 0.313 e. The van der Waals surface area contributed by atoms with Crippen LogP contribution in [-0.4, -0.2) is 34.7 Å². The monoisotopic (exact) mass is 221 g/mol. The van der Waals surface area contributed by atoms with Gasteiger partial charge in [0.15, 0.2) is 0 Å². The van der Waals surface area contributed by atoms with Crippen molar-refractivity contribution in [2.45, 2.75) is 63.7 Å². The molecule has 0 radical (unpaired) electrons. The van der Waals surface area contributed by atoms with Crippen LogP contribution in [0.5, 0.6) is 0 Å². The van der Waals surface area contributed by atoms with E-state index in [2.05, 4.69) is 0 Å². The molecular formula is C11H21F2NO. The van der Waals surface area contributed by atoms with E-state index < -0.39 is 12.3 Å². The Hall–Kier alpha value is -0.220. The predicted octanol–water partition coefficient (Wildman–Crippen LogP) is 3.10. The molecule has 0 amide bonds. The Morgan fingerprint density at radius 1 is 1.47 bits per heavy atom. The molecule has 1 N–H and O–H groups in total. The van der Waals surface area contributed by atoms with Crippen LogP contribution in [-0.2, 0) is 0 Å². The lowest BCUT2D eigenvalue weighted by Gasteiger charge is -2.38. The van der Waals surface area contributed by atoms with Crippen LogP contribution < -0.4 is 0 Å². The van der Waals surface area contributed by atoms with Gasteiger partial charge in [-0.2, -0.15) is 5.06 Å². The minimum atomic E-state index is -1.50. The van der Waals surface area contributed by atoms with Crippen molar-refractivity contribution in [3.8, 4) is 0 Å². The molecule has 3 unspecified atom stereocenters. The summed E-state index contributed by atoms with van der Waals surface area (Å²) in [7, 11) is 0. The highest BCUT2D eigenvalue weighted by molar-refractivity contribution is 4.84. The molecule has 1 fully saturated rings. The standard InChI is InChI=1S/C11H21F2NO/c1-9-4-3-5-10(14(9)15)8-11(2,13)6-7-12/h9-10,15H,3-8H2,1-2H3. The molecular weight excluding hydrogens is 200 g/mol. The summed E-state index contributed by atoms with van der Waals surface area (Å²) < 4.78 is 25.9. The number of piperidine rings is 1. The van der Waals surface area contributed by atoms with Crippen LogP contribution in [0.2, 0.25) is 0 Å². The molecule has 1 rings (SSSR count). The minimum absolute atomic E-state index is 0.0777. The van der Waals surface area contributed by atoms with Gasteiger partial charge in [-0.3, -0.25) is 4.39 Å². The maximum Gasteiger partial charge on any atom is 0.112 e. The highest BCUT2D eigenvalue weighted by atomic mass is 19.1. The van der Waals surface area contributed by atoms with Crippen LogP contribution in [0.4, 0.5) is 8.78 Å². The van der Waals surface area contributed by atoms with Crippen LogP contribution in [0.1, 0.15) is 46.0 Å². The molecule has 3 atom stereocenters. The molecule has 0 spiro atoms. The van der Waals surface area contributed by atoms with Gasteiger partial charge >= 0.3 is 0 Å². The molecule has 15 heavy (non-hydrogen) atoms. The van der Waals surface area contributed by atoms with E-state index in [1.807, 2.05) is 6.92 Å². The first-order chi connectivity index (χ1) is 6.96. The molecule has 1 saturated heterocycles. The Labute approximate surface area is 90.2 Å². The fraction of sp³-hybridized carbons (Fsp3) is 1.00. The Morgan fingerprint density at radius 3 is 2.73 bits per heavy atom. The second kappa shape index (κ2) is 5.21. The quantitative estimate of drug-likeness (QED) is 0.788. The van der Waals surface area contributed by atoms with Gasteiger partial charge in [0, 0.05) is 18.5 Å². The summed E-state index contributed by atoms with van der Waals surface area (Å²) in [6.45, 7) is 2.71. The topological polar surface area (TPSA) is 23.5 Å². The van der Waals surface area contributed by atoms with Gasteiger partial charge in [-0.25, -0.2) is 4.39 Å². The molecule has 0 aliphatic carbocycles. The number of nitrogens with zero attached hydrogens (tertiary/aromatic N) is 1. The van der Waals surface area contributed by atoms with Crippen molar-refractivity contribution >= 4 is 0 Å². The average Bonchev–Trinajstić information content (AvgIpc) is 2.12. The minimum Gasteiger partial charge on any atom is -0.313 e. The normalized spacial score (nSPS) is 32.6. The van der Waals surface area contributed by atoms with E-state index in [1.165, 1.54) is 12.0 Å². The van der Waals surface area contributed by atoms with Gasteiger partial charge in [-0.15, -0.1) is 0 Å². The van der Waals surface area contributed by atoms with Gasteiger partial charge in [0.05, 0.1) is 6.67 Å². The Morgan fingerprint density at radius 2 is 2.13 bits per heavy atom. The molecule has 2 nitrogen and oxygen atoms in total. The van der Waals surface area contributed by atoms with Crippen LogP contribution in [0, 0.1) is 0 Å². The third-order valence-electron chi connectivity index (χ3n) is 3.26. The predicted molar refractivity (Wildman–Crippen MR) is 55.4 cm³/mol. The summed E-state index contributed by atoms with van der Waals surface area (Å²) in [5, 5.41) is 11.0. The number of hydrogen-bond donors (Lipinski definition) is 1. The molecule has 0 saturated carbocycles. The number of halogens is 2. The summed E-state index contributed by atoms with van der Waals surface area (Å²) in [6.07, 6.45) is 2.89. The Kier molecular flexibility index (Phi) is 4.46. The molecule has 0 aromatic rings. The zero-order chi connectivity index (χ0) is 11.5. The van der Waals surface area contributed by atoms with Gasteiger partial charge in [0.1, 0.15) is 5.67 Å². The lowest BCUT2D eigenvalue weighted by atomic mass is 9.89. The summed E-state index contributed by atoms with van der Waals surface area (Å²) in [5.41, 5.74) is -1.50. The van der Waals surface area contributed by atoms with Crippen molar-refractivity contribution in [1.29, 1.82) is 0 Å². The lowest BCUT2D eigenvalue weighted by Crippen LogP contribution is -2.45. The summed E-state index contributed by atoms with van der Waals surface area (Å²) in [6, 6.07) is -0.0692. The van der Waals surface area contributed by atoms with Crippen molar-refractivity contribution in [2.24, 2.45) is 0 Å². The molecule has 0 aromatic heterocycles. The number of alkyl halides is 2. The van der Waals surface area contributed by atoms with Crippen LogP contribution >= 0.6 is 0 Å². The summed E-state index contributed by atoms with van der Waals surface area (Å²) >= 11 is 0. The molecule has 4 heteroatoms. The van der Waals surface area contributed by atoms with Gasteiger partial charge in [-0.05, 0) is 33.1 Å². The van der Waals surface area contributed by atoms with Crippen molar-refractivity contribution in [2.75, 3.05) is 6.67 Å². The second-order valence-corrected chi connectivity index (χ2v) is 4.87. The Balaban J connectivity index is 2.49. The van der Waals surface area contributed by atoms with E-state index in [0.29, 0.717) is 0 Å². The zero-order valence-corrected chi connectivity index (χ0v) is 9.55. The molecule has 0 aromatic carbocycles. The third kappa shape index (κ3) is 3.68. The molecule has 1 aliphatic rings. The van der Waals surface area contributed by atoms with E-state index >= 15 is 0 Å². The first-order valence-corrected chi connectivity index (χ1v) is 5.68. The van der Waals surface area contributed by atoms with Gasteiger partial charge in [-0.1, -0.05) is 6.42 Å². The highest BCUT2D eigenvalue weighted by Crippen LogP contribution is 2.30. The molecule has 90 valence electrons. The van der Waals surface area contributed by atoms with E-state index in [4.69, 9.17) is 0 Å². The van der Waals surface area contributed by atoms with E-state index in [-0.39, 0.29) is 24.9 Å². The van der Waals surface area contributed by atoms with Crippen LogP contribution in [0.25, 0.3) is 0 Å². The fourth-order valence-electron chi connectivity index (χ4n) is 2.26. The average molecular weight is 221 g/mol. The highest BCUT2D eigenvalue weighted by Gasteiger charge is 2.34. The van der Waals surface area contributed by atoms with Crippen molar-refractivity contribution in [1.82, 2.24) is 5.06 Å². The van der Waals surface area contributed by atoms with Gasteiger partial charge < -0.3 is 5.21 Å². The number of rotatable bonds is 4. The zero-order valence-electron chi connectivity index (χ0n) is 9.55. The van der Waals surface area contributed by atoms with Crippen LogP contribution in [0.3, 0.4) is 0 Å². The fourth-order valence-corrected chi connectivity index (χ4v) is 2.26. The molecule has 1 aliphatic heterocycles. The first-order valence-electron chi connectivity index (χ1n) is 5.68. The smallest absolute Gasteiger partial charge is 0.112 e. The summed E-state index contributed by atoms with van der Waals surface area (Å²) in [4.78, 5) is 0.